The minimum atomic E-state index is -0.353. The van der Waals surface area contributed by atoms with Crippen molar-refractivity contribution in [1.82, 2.24) is 10.6 Å². The molecule has 1 aliphatic carbocycles. The van der Waals surface area contributed by atoms with E-state index >= 15 is 0 Å². The summed E-state index contributed by atoms with van der Waals surface area (Å²) >= 11 is 11.9. The Morgan fingerprint density at radius 2 is 1.83 bits per heavy atom. The lowest BCUT2D eigenvalue weighted by atomic mass is 10.2. The number of hydrogen-bond donors (Lipinski definition) is 2. The first-order valence-corrected chi connectivity index (χ1v) is 8.02. The second-order valence-corrected chi connectivity index (χ2v) is 6.37. The van der Waals surface area contributed by atoms with Gasteiger partial charge in [-0.15, -0.1) is 0 Å². The Morgan fingerprint density at radius 1 is 1.09 bits per heavy atom. The fourth-order valence-electron chi connectivity index (χ4n) is 2.33. The van der Waals surface area contributed by atoms with E-state index in [2.05, 4.69) is 10.6 Å². The van der Waals surface area contributed by atoms with E-state index in [1.54, 1.807) is 6.07 Å². The van der Waals surface area contributed by atoms with E-state index in [9.17, 15) is 9.18 Å². The fourth-order valence-corrected chi connectivity index (χ4v) is 2.65. The summed E-state index contributed by atoms with van der Waals surface area (Å²) in [6.07, 6.45) is 0.869. The van der Waals surface area contributed by atoms with Crippen LogP contribution >= 0.6 is 23.2 Å². The first-order chi connectivity index (χ1) is 11.0. The lowest BCUT2D eigenvalue weighted by Gasteiger charge is -2.07. The Morgan fingerprint density at radius 3 is 2.52 bits per heavy atom. The molecule has 1 fully saturated rings. The molecule has 0 aliphatic heterocycles. The van der Waals surface area contributed by atoms with Gasteiger partial charge in [-0.05, 0) is 48.4 Å². The lowest BCUT2D eigenvalue weighted by molar-refractivity contribution is 0.0949. The summed E-state index contributed by atoms with van der Waals surface area (Å²) in [6, 6.07) is 11.3. The van der Waals surface area contributed by atoms with Crippen molar-refractivity contribution in [2.45, 2.75) is 25.0 Å². The third kappa shape index (κ3) is 4.22. The van der Waals surface area contributed by atoms with Gasteiger partial charge in [-0.3, -0.25) is 4.79 Å². The number of carbonyl (C=O) groups is 1. The third-order valence-corrected chi connectivity index (χ3v) is 4.50. The molecule has 1 saturated carbocycles. The summed E-state index contributed by atoms with van der Waals surface area (Å²) in [6.45, 7) is 0.657. The Bertz CT molecular complexity index is 721. The second-order valence-electron chi connectivity index (χ2n) is 5.56. The van der Waals surface area contributed by atoms with Gasteiger partial charge in [-0.25, -0.2) is 4.39 Å². The van der Waals surface area contributed by atoms with Gasteiger partial charge >= 0.3 is 0 Å². The zero-order valence-electron chi connectivity index (χ0n) is 12.2. The van der Waals surface area contributed by atoms with E-state index < -0.39 is 0 Å². The van der Waals surface area contributed by atoms with Crippen molar-refractivity contribution in [2.24, 2.45) is 0 Å². The first kappa shape index (κ1) is 16.2. The quantitative estimate of drug-likeness (QED) is 0.859. The summed E-state index contributed by atoms with van der Waals surface area (Å²) < 4.78 is 12.8. The Balaban J connectivity index is 1.47. The fraction of sp³-hybridized carbons (Fsp3) is 0.235. The highest BCUT2D eigenvalue weighted by Crippen LogP contribution is 2.25. The molecule has 2 aromatic carbocycles. The van der Waals surface area contributed by atoms with Crippen LogP contribution in [-0.4, -0.2) is 18.0 Å². The van der Waals surface area contributed by atoms with Gasteiger partial charge in [0.15, 0.2) is 0 Å². The van der Waals surface area contributed by atoms with Gasteiger partial charge in [0.25, 0.3) is 5.91 Å². The molecule has 2 aromatic rings. The van der Waals surface area contributed by atoms with Gasteiger partial charge in [0.05, 0.1) is 10.0 Å². The molecule has 0 unspecified atom stereocenters. The molecule has 6 heteroatoms. The standard InChI is InChI=1S/C17H15Cl2FN2O/c18-13-6-1-10(7-14(13)19)9-21-15-8-16(15)22-17(23)11-2-4-12(20)5-3-11/h1-7,15-16,21H,8-9H2,(H,22,23)/t15-,16-/m0/s1. The molecule has 1 aliphatic rings. The minimum Gasteiger partial charge on any atom is -0.348 e. The van der Waals surface area contributed by atoms with Crippen molar-refractivity contribution >= 4 is 29.1 Å². The van der Waals surface area contributed by atoms with E-state index in [0.717, 1.165) is 12.0 Å². The normalized spacial score (nSPS) is 19.4. The highest BCUT2D eigenvalue weighted by atomic mass is 35.5. The number of nitrogens with one attached hydrogen (secondary N) is 2. The largest absolute Gasteiger partial charge is 0.348 e. The predicted molar refractivity (Wildman–Crippen MR) is 89.4 cm³/mol. The molecule has 0 bridgehead atoms. The van der Waals surface area contributed by atoms with Gasteiger partial charge in [0.1, 0.15) is 5.82 Å². The van der Waals surface area contributed by atoms with Gasteiger partial charge in [-0.1, -0.05) is 29.3 Å². The van der Waals surface area contributed by atoms with Crippen molar-refractivity contribution in [3.05, 3.63) is 69.5 Å². The van der Waals surface area contributed by atoms with Crippen LogP contribution in [0.5, 0.6) is 0 Å². The predicted octanol–water partition coefficient (Wildman–Crippen LogP) is 3.79. The number of halogens is 3. The van der Waals surface area contributed by atoms with E-state index in [-0.39, 0.29) is 23.8 Å². The molecule has 0 heterocycles. The summed E-state index contributed by atoms with van der Waals surface area (Å²) in [7, 11) is 0. The Kier molecular flexibility index (Phi) is 4.85. The first-order valence-electron chi connectivity index (χ1n) is 7.26. The lowest BCUT2D eigenvalue weighted by Crippen LogP contribution is -2.31. The Hall–Kier alpha value is -1.62. The molecule has 0 radical (unpaired) electrons. The Labute approximate surface area is 143 Å². The zero-order valence-corrected chi connectivity index (χ0v) is 13.7. The van der Waals surface area contributed by atoms with Gasteiger partial charge in [0.2, 0.25) is 0 Å². The smallest absolute Gasteiger partial charge is 0.251 e. The van der Waals surface area contributed by atoms with Crippen molar-refractivity contribution in [2.75, 3.05) is 0 Å². The molecule has 1 amide bonds. The van der Waals surface area contributed by atoms with E-state index in [4.69, 9.17) is 23.2 Å². The van der Waals surface area contributed by atoms with Crippen LogP contribution in [0.15, 0.2) is 42.5 Å². The number of rotatable bonds is 5. The second kappa shape index (κ2) is 6.87. The summed E-state index contributed by atoms with van der Waals surface area (Å²) in [5.74, 6) is -0.539. The molecule has 3 rings (SSSR count). The minimum absolute atomic E-state index is 0.0929. The van der Waals surface area contributed by atoms with E-state index in [0.29, 0.717) is 22.2 Å². The molecule has 120 valence electrons. The molecular formula is C17H15Cl2FN2O. The van der Waals surface area contributed by atoms with Crippen molar-refractivity contribution in [3.63, 3.8) is 0 Å². The number of hydrogen-bond acceptors (Lipinski definition) is 2. The zero-order chi connectivity index (χ0) is 16.4. The SMILES string of the molecule is O=C(N[C@H]1C[C@@H]1NCc1ccc(Cl)c(Cl)c1)c1ccc(F)cc1. The van der Waals surface area contributed by atoms with Crippen LogP contribution in [0.2, 0.25) is 10.0 Å². The van der Waals surface area contributed by atoms with E-state index in [1.807, 2.05) is 12.1 Å². The third-order valence-electron chi connectivity index (χ3n) is 3.77. The monoisotopic (exact) mass is 352 g/mol. The van der Waals surface area contributed by atoms with Crippen LogP contribution in [0.1, 0.15) is 22.3 Å². The van der Waals surface area contributed by atoms with Crippen molar-refractivity contribution in [1.29, 1.82) is 0 Å². The van der Waals surface area contributed by atoms with Crippen LogP contribution in [0.3, 0.4) is 0 Å². The van der Waals surface area contributed by atoms with E-state index in [1.165, 1.54) is 24.3 Å². The highest BCUT2D eigenvalue weighted by molar-refractivity contribution is 6.42. The summed E-state index contributed by atoms with van der Waals surface area (Å²) in [5, 5.41) is 7.35. The van der Waals surface area contributed by atoms with Crippen molar-refractivity contribution in [3.8, 4) is 0 Å². The number of benzene rings is 2. The topological polar surface area (TPSA) is 41.1 Å². The van der Waals surface area contributed by atoms with Gasteiger partial charge in [0, 0.05) is 24.2 Å². The number of amides is 1. The van der Waals surface area contributed by atoms with Crippen LogP contribution in [-0.2, 0) is 6.54 Å². The van der Waals surface area contributed by atoms with Gasteiger partial charge < -0.3 is 10.6 Å². The molecule has 0 aromatic heterocycles. The molecule has 2 N–H and O–H groups in total. The van der Waals surface area contributed by atoms with Crippen LogP contribution in [0, 0.1) is 5.82 Å². The van der Waals surface area contributed by atoms with Crippen molar-refractivity contribution < 1.29 is 9.18 Å². The number of carbonyl (C=O) groups excluding carboxylic acids is 1. The molecule has 2 atom stereocenters. The van der Waals surface area contributed by atoms with Crippen LogP contribution in [0.25, 0.3) is 0 Å². The van der Waals surface area contributed by atoms with Gasteiger partial charge in [-0.2, -0.15) is 0 Å². The maximum Gasteiger partial charge on any atom is 0.251 e. The maximum absolute atomic E-state index is 12.8. The average Bonchev–Trinajstić information content (AvgIpc) is 3.27. The highest BCUT2D eigenvalue weighted by Gasteiger charge is 2.37. The van der Waals surface area contributed by atoms with Crippen LogP contribution < -0.4 is 10.6 Å². The summed E-state index contributed by atoms with van der Waals surface area (Å²) in [4.78, 5) is 12.0. The molecule has 0 saturated heterocycles. The molecule has 3 nitrogen and oxygen atoms in total. The molecular weight excluding hydrogens is 338 g/mol. The molecule has 23 heavy (non-hydrogen) atoms. The molecule has 0 spiro atoms. The summed E-state index contributed by atoms with van der Waals surface area (Å²) in [5.41, 5.74) is 1.50. The van der Waals surface area contributed by atoms with Crippen LogP contribution in [0.4, 0.5) is 4.39 Å². The maximum atomic E-state index is 12.8. The average molecular weight is 353 g/mol.